The number of carbonyl (C=O) groups excluding carboxylic acids is 1. The predicted octanol–water partition coefficient (Wildman–Crippen LogP) is 3.81. The zero-order valence-corrected chi connectivity index (χ0v) is 16.7. The van der Waals surface area contributed by atoms with Gasteiger partial charge in [-0.1, -0.05) is 24.8 Å². The smallest absolute Gasteiger partial charge is 0.387 e. The van der Waals surface area contributed by atoms with Crippen molar-refractivity contribution in [2.45, 2.75) is 25.7 Å². The fourth-order valence-corrected chi connectivity index (χ4v) is 2.40. The lowest BCUT2D eigenvalue weighted by atomic mass is 9.84. The SMILES string of the molecule is C=C/C=C(\C=C(/C)C(C=O)(N=C(N)N(C)C)c1ccc(OC(F)F)cc1)OC(F)F. The Morgan fingerprint density at radius 3 is 2.23 bits per heavy atom. The highest BCUT2D eigenvalue weighted by molar-refractivity contribution is 5.84. The first kappa shape index (κ1) is 24.7. The summed E-state index contributed by atoms with van der Waals surface area (Å²) in [7, 11) is 3.19. The molecule has 0 aliphatic rings. The number of hydrogen-bond donors (Lipinski definition) is 1. The highest BCUT2D eigenvalue weighted by atomic mass is 19.3. The minimum absolute atomic E-state index is 0.0354. The van der Waals surface area contributed by atoms with Crippen molar-refractivity contribution in [3.05, 3.63) is 66.0 Å². The molecule has 0 saturated carbocycles. The molecular formula is C20H23F4N3O3. The van der Waals surface area contributed by atoms with Gasteiger partial charge in [-0.15, -0.1) is 0 Å². The number of hydrogen-bond acceptors (Lipinski definition) is 4. The molecule has 0 saturated heterocycles. The maximum atomic E-state index is 12.7. The summed E-state index contributed by atoms with van der Waals surface area (Å²) >= 11 is 0. The fourth-order valence-electron chi connectivity index (χ4n) is 2.40. The van der Waals surface area contributed by atoms with Crippen LogP contribution in [-0.2, 0) is 15.1 Å². The fraction of sp³-hybridized carbons (Fsp3) is 0.300. The van der Waals surface area contributed by atoms with E-state index in [1.807, 2.05) is 0 Å². The number of carbonyl (C=O) groups is 1. The lowest BCUT2D eigenvalue weighted by Gasteiger charge is -2.28. The zero-order chi connectivity index (χ0) is 22.9. The molecule has 0 aliphatic carbocycles. The number of allylic oxidation sites excluding steroid dienone is 3. The summed E-state index contributed by atoms with van der Waals surface area (Å²) in [6, 6.07) is 5.15. The summed E-state index contributed by atoms with van der Waals surface area (Å²) in [6.45, 7) is -1.22. The van der Waals surface area contributed by atoms with E-state index >= 15 is 0 Å². The molecule has 0 radical (unpaired) electrons. The van der Waals surface area contributed by atoms with Gasteiger partial charge in [0.25, 0.3) is 0 Å². The lowest BCUT2D eigenvalue weighted by molar-refractivity contribution is -0.111. The van der Waals surface area contributed by atoms with Crippen molar-refractivity contribution in [1.82, 2.24) is 4.90 Å². The second kappa shape index (κ2) is 11.0. The minimum Gasteiger partial charge on any atom is -0.435 e. The van der Waals surface area contributed by atoms with Gasteiger partial charge in [-0.3, -0.25) is 4.79 Å². The van der Waals surface area contributed by atoms with E-state index in [1.54, 1.807) is 14.1 Å². The normalized spacial score (nSPS) is 15.0. The molecule has 30 heavy (non-hydrogen) atoms. The summed E-state index contributed by atoms with van der Waals surface area (Å²) in [5.41, 5.74) is 4.58. The topological polar surface area (TPSA) is 77.2 Å². The summed E-state index contributed by atoms with van der Waals surface area (Å²) in [4.78, 5) is 18.0. The number of nitrogens with zero attached hydrogens (tertiary/aromatic N) is 2. The van der Waals surface area contributed by atoms with Gasteiger partial charge >= 0.3 is 13.2 Å². The van der Waals surface area contributed by atoms with E-state index in [-0.39, 0.29) is 28.6 Å². The van der Waals surface area contributed by atoms with Crippen LogP contribution in [0.25, 0.3) is 0 Å². The Morgan fingerprint density at radius 1 is 1.20 bits per heavy atom. The van der Waals surface area contributed by atoms with Crippen LogP contribution < -0.4 is 10.5 Å². The summed E-state index contributed by atoms with van der Waals surface area (Å²) in [5, 5.41) is 0. The van der Waals surface area contributed by atoms with Crippen LogP contribution in [0.1, 0.15) is 12.5 Å². The third kappa shape index (κ3) is 6.64. The quantitative estimate of drug-likeness (QED) is 0.153. The molecule has 1 aromatic carbocycles. The van der Waals surface area contributed by atoms with Gasteiger partial charge in [-0.2, -0.15) is 17.6 Å². The van der Waals surface area contributed by atoms with Crippen LogP contribution in [0.4, 0.5) is 17.6 Å². The highest BCUT2D eigenvalue weighted by Gasteiger charge is 2.35. The average Bonchev–Trinajstić information content (AvgIpc) is 2.65. The van der Waals surface area contributed by atoms with Gasteiger partial charge in [-0.05, 0) is 42.3 Å². The largest absolute Gasteiger partial charge is 0.435 e. The van der Waals surface area contributed by atoms with Crippen LogP contribution >= 0.6 is 0 Å². The molecule has 10 heteroatoms. The maximum absolute atomic E-state index is 12.7. The first-order valence-corrected chi connectivity index (χ1v) is 8.56. The lowest BCUT2D eigenvalue weighted by Crippen LogP contribution is -2.37. The molecule has 0 aliphatic heterocycles. The van der Waals surface area contributed by atoms with Crippen molar-refractivity contribution in [2.24, 2.45) is 10.7 Å². The molecule has 2 N–H and O–H groups in total. The van der Waals surface area contributed by atoms with Crippen LogP contribution in [0, 0.1) is 0 Å². The second-order valence-corrected chi connectivity index (χ2v) is 6.16. The number of nitrogens with two attached hydrogens (primary N) is 1. The molecule has 0 spiro atoms. The van der Waals surface area contributed by atoms with Crippen LogP contribution in [0.5, 0.6) is 5.75 Å². The number of guanidine groups is 1. The summed E-state index contributed by atoms with van der Waals surface area (Å²) in [5.74, 6) is -0.431. The molecule has 1 unspecified atom stereocenters. The van der Waals surface area contributed by atoms with E-state index in [1.165, 1.54) is 54.3 Å². The van der Waals surface area contributed by atoms with Crippen LogP contribution in [0.15, 0.2) is 65.4 Å². The molecule has 1 atom stereocenters. The molecule has 6 nitrogen and oxygen atoms in total. The number of rotatable bonds is 10. The van der Waals surface area contributed by atoms with Crippen molar-refractivity contribution < 1.29 is 31.8 Å². The van der Waals surface area contributed by atoms with Crippen LogP contribution in [0.3, 0.4) is 0 Å². The average molecular weight is 429 g/mol. The Bertz CT molecular complexity index is 821. The summed E-state index contributed by atoms with van der Waals surface area (Å²) in [6.07, 6.45) is 4.08. The number of benzene rings is 1. The van der Waals surface area contributed by atoms with Crippen LogP contribution in [-0.4, -0.2) is 44.5 Å². The number of halogens is 4. The third-order valence-electron chi connectivity index (χ3n) is 3.91. The number of aliphatic imine (C=N–C) groups is 1. The molecular weight excluding hydrogens is 406 g/mol. The Morgan fingerprint density at radius 2 is 1.80 bits per heavy atom. The van der Waals surface area contributed by atoms with Crippen molar-refractivity contribution in [1.29, 1.82) is 0 Å². The van der Waals surface area contributed by atoms with Crippen LogP contribution in [0.2, 0.25) is 0 Å². The van der Waals surface area contributed by atoms with E-state index in [9.17, 15) is 22.4 Å². The highest BCUT2D eigenvalue weighted by Crippen LogP contribution is 2.34. The molecule has 1 rings (SSSR count). The zero-order valence-electron chi connectivity index (χ0n) is 16.7. The minimum atomic E-state index is -3.10. The van der Waals surface area contributed by atoms with Gasteiger partial charge in [0.05, 0.1) is 0 Å². The van der Waals surface area contributed by atoms with Gasteiger partial charge in [0.2, 0.25) is 0 Å². The van der Waals surface area contributed by atoms with E-state index in [0.29, 0.717) is 6.29 Å². The Balaban J connectivity index is 3.63. The molecule has 0 heterocycles. The van der Waals surface area contributed by atoms with Crippen molar-refractivity contribution in [3.63, 3.8) is 0 Å². The van der Waals surface area contributed by atoms with E-state index in [0.717, 1.165) is 0 Å². The van der Waals surface area contributed by atoms with Gasteiger partial charge in [-0.25, -0.2) is 4.99 Å². The number of aldehydes is 1. The maximum Gasteiger partial charge on any atom is 0.387 e. The van der Waals surface area contributed by atoms with Gasteiger partial charge in [0.1, 0.15) is 11.5 Å². The van der Waals surface area contributed by atoms with Crippen molar-refractivity contribution in [3.8, 4) is 5.75 Å². The van der Waals surface area contributed by atoms with Gasteiger partial charge in [0.15, 0.2) is 17.8 Å². The molecule has 0 aromatic heterocycles. The third-order valence-corrected chi connectivity index (χ3v) is 3.91. The van der Waals surface area contributed by atoms with Gasteiger partial charge < -0.3 is 20.1 Å². The summed E-state index contributed by atoms with van der Waals surface area (Å²) < 4.78 is 58.9. The predicted molar refractivity (Wildman–Crippen MR) is 105 cm³/mol. The standard InChI is InChI=1S/C20H23F4N3O3/c1-5-6-16(30-18(23)24)11-13(2)20(12-28,26-19(25)27(3)4)14-7-9-15(10-8-14)29-17(21)22/h5-12,17-18H,1H2,2-4H3,(H2,25,26)/b13-11+,16-6+. The molecule has 164 valence electrons. The number of ether oxygens (including phenoxy) is 2. The molecule has 0 fully saturated rings. The molecule has 0 bridgehead atoms. The number of alkyl halides is 4. The van der Waals surface area contributed by atoms with Crippen molar-refractivity contribution >= 4 is 12.2 Å². The first-order valence-electron chi connectivity index (χ1n) is 8.56. The van der Waals surface area contributed by atoms with Crippen molar-refractivity contribution in [2.75, 3.05) is 14.1 Å². The monoisotopic (exact) mass is 429 g/mol. The Hall–Kier alpha value is -3.30. The molecule has 1 aromatic rings. The van der Waals surface area contributed by atoms with E-state index in [4.69, 9.17) is 5.73 Å². The molecule has 0 amide bonds. The Labute approximate surface area is 172 Å². The Kier molecular flexibility index (Phi) is 9.10. The second-order valence-electron chi connectivity index (χ2n) is 6.16. The van der Waals surface area contributed by atoms with Gasteiger partial charge in [0, 0.05) is 14.1 Å². The van der Waals surface area contributed by atoms with E-state index < -0.39 is 18.8 Å². The van der Waals surface area contributed by atoms with E-state index in [2.05, 4.69) is 21.0 Å². The first-order chi connectivity index (χ1) is 14.0.